The molecule has 1 amide bonds. The molecule has 0 radical (unpaired) electrons. The van der Waals surface area contributed by atoms with Crippen LogP contribution in [0.4, 0.5) is 0 Å². The molecule has 1 heterocycles. The van der Waals surface area contributed by atoms with Gasteiger partial charge in [0, 0.05) is 17.9 Å². The predicted molar refractivity (Wildman–Crippen MR) is 67.2 cm³/mol. The van der Waals surface area contributed by atoms with Crippen molar-refractivity contribution in [2.45, 2.75) is 37.5 Å². The van der Waals surface area contributed by atoms with Crippen molar-refractivity contribution < 1.29 is 4.79 Å². The van der Waals surface area contributed by atoms with Gasteiger partial charge in [-0.15, -0.1) is 0 Å². The first kappa shape index (κ1) is 11.5. The van der Waals surface area contributed by atoms with Crippen molar-refractivity contribution >= 4 is 17.9 Å². The van der Waals surface area contributed by atoms with Crippen molar-refractivity contribution in [3.63, 3.8) is 0 Å². The number of rotatable bonds is 2. The summed E-state index contributed by atoms with van der Waals surface area (Å²) in [6.07, 6.45) is 4.06. The highest BCUT2D eigenvalue weighted by molar-refractivity contribution is 7.97. The Bertz CT molecular complexity index is 378. The van der Waals surface area contributed by atoms with Crippen LogP contribution in [0.2, 0.25) is 0 Å². The van der Waals surface area contributed by atoms with E-state index in [4.69, 9.17) is 0 Å². The molecule has 0 aromatic heterocycles. The summed E-state index contributed by atoms with van der Waals surface area (Å²) >= 11 is 1.60. The summed E-state index contributed by atoms with van der Waals surface area (Å²) in [7, 11) is 0. The van der Waals surface area contributed by atoms with Crippen LogP contribution in [-0.4, -0.2) is 16.8 Å². The fraction of sp³-hybridized carbons (Fsp3) is 0.462. The van der Waals surface area contributed by atoms with Crippen LogP contribution in [0.3, 0.4) is 0 Å². The summed E-state index contributed by atoms with van der Waals surface area (Å²) < 4.78 is 1.93. The third-order valence-corrected chi connectivity index (χ3v) is 4.09. The van der Waals surface area contributed by atoms with Crippen LogP contribution >= 0.6 is 11.9 Å². The van der Waals surface area contributed by atoms with Crippen LogP contribution in [0.15, 0.2) is 29.2 Å². The van der Waals surface area contributed by atoms with Gasteiger partial charge in [-0.05, 0) is 43.3 Å². The molecule has 1 aliphatic heterocycles. The fourth-order valence-corrected chi connectivity index (χ4v) is 2.83. The topological polar surface area (TPSA) is 20.3 Å². The Balaban J connectivity index is 2.08. The SMILES string of the molecule is Cc1ccccc1SN1CCCCCC1=O. The van der Waals surface area contributed by atoms with Crippen LogP contribution in [0, 0.1) is 6.92 Å². The van der Waals surface area contributed by atoms with Crippen LogP contribution in [-0.2, 0) is 4.79 Å². The van der Waals surface area contributed by atoms with Gasteiger partial charge >= 0.3 is 0 Å². The highest BCUT2D eigenvalue weighted by Crippen LogP contribution is 2.28. The van der Waals surface area contributed by atoms with Gasteiger partial charge in [0.25, 0.3) is 0 Å². The van der Waals surface area contributed by atoms with Gasteiger partial charge in [-0.2, -0.15) is 0 Å². The zero-order valence-electron chi connectivity index (χ0n) is 9.61. The smallest absolute Gasteiger partial charge is 0.232 e. The summed E-state index contributed by atoms with van der Waals surface area (Å²) in [5, 5.41) is 0. The van der Waals surface area contributed by atoms with Gasteiger partial charge < -0.3 is 0 Å². The summed E-state index contributed by atoms with van der Waals surface area (Å²) in [6.45, 7) is 2.97. The number of carbonyl (C=O) groups excluding carboxylic acids is 1. The first-order valence-electron chi connectivity index (χ1n) is 5.81. The van der Waals surface area contributed by atoms with Gasteiger partial charge in [0.1, 0.15) is 0 Å². The molecule has 2 nitrogen and oxygen atoms in total. The molecule has 0 spiro atoms. The van der Waals surface area contributed by atoms with E-state index in [1.807, 2.05) is 16.4 Å². The zero-order chi connectivity index (χ0) is 11.4. The standard InChI is InChI=1S/C13H17NOS/c1-11-7-4-5-8-12(11)16-14-10-6-2-3-9-13(14)15/h4-5,7-8H,2-3,6,9-10H2,1H3. The first-order valence-corrected chi connectivity index (χ1v) is 6.58. The van der Waals surface area contributed by atoms with Gasteiger partial charge in [-0.25, -0.2) is 0 Å². The van der Waals surface area contributed by atoms with Crippen molar-refractivity contribution in [3.05, 3.63) is 29.8 Å². The van der Waals surface area contributed by atoms with Crippen LogP contribution < -0.4 is 0 Å². The number of amides is 1. The quantitative estimate of drug-likeness (QED) is 0.732. The lowest BCUT2D eigenvalue weighted by Gasteiger charge is -2.19. The third kappa shape index (κ3) is 2.79. The lowest BCUT2D eigenvalue weighted by Crippen LogP contribution is -2.23. The zero-order valence-corrected chi connectivity index (χ0v) is 10.4. The average Bonchev–Trinajstić information content (AvgIpc) is 2.48. The number of hydrogen-bond donors (Lipinski definition) is 0. The molecule has 1 aromatic carbocycles. The maximum Gasteiger partial charge on any atom is 0.232 e. The molecule has 1 fully saturated rings. The molecule has 3 heteroatoms. The van der Waals surface area contributed by atoms with E-state index in [2.05, 4.69) is 19.1 Å². The second-order valence-corrected chi connectivity index (χ2v) is 5.23. The van der Waals surface area contributed by atoms with Gasteiger partial charge in [0.2, 0.25) is 5.91 Å². The second kappa shape index (κ2) is 5.39. The van der Waals surface area contributed by atoms with Crippen LogP contribution in [0.5, 0.6) is 0 Å². The number of hydrogen-bond acceptors (Lipinski definition) is 2. The van der Waals surface area contributed by atoms with Crippen LogP contribution in [0.1, 0.15) is 31.2 Å². The lowest BCUT2D eigenvalue weighted by molar-refractivity contribution is -0.125. The summed E-state index contributed by atoms with van der Waals surface area (Å²) in [5.41, 5.74) is 1.24. The molecule has 16 heavy (non-hydrogen) atoms. The summed E-state index contributed by atoms with van der Waals surface area (Å²) in [4.78, 5) is 13.0. The highest BCUT2D eigenvalue weighted by atomic mass is 32.2. The Morgan fingerprint density at radius 3 is 2.81 bits per heavy atom. The number of carbonyl (C=O) groups is 1. The van der Waals surface area contributed by atoms with Crippen molar-refractivity contribution in [3.8, 4) is 0 Å². The molecule has 1 aromatic rings. The Hall–Kier alpha value is -0.960. The van der Waals surface area contributed by atoms with E-state index in [0.29, 0.717) is 6.42 Å². The molecule has 0 saturated carbocycles. The van der Waals surface area contributed by atoms with E-state index in [9.17, 15) is 4.79 Å². The Morgan fingerprint density at radius 1 is 1.19 bits per heavy atom. The Morgan fingerprint density at radius 2 is 2.00 bits per heavy atom. The first-order chi connectivity index (χ1) is 7.77. The summed E-state index contributed by atoms with van der Waals surface area (Å²) in [6, 6.07) is 8.23. The molecule has 1 saturated heterocycles. The maximum atomic E-state index is 11.8. The molecular weight excluding hydrogens is 218 g/mol. The van der Waals surface area contributed by atoms with Gasteiger partial charge in [-0.3, -0.25) is 9.10 Å². The molecule has 86 valence electrons. The largest absolute Gasteiger partial charge is 0.282 e. The monoisotopic (exact) mass is 235 g/mol. The van der Waals surface area contributed by atoms with Crippen molar-refractivity contribution in [1.82, 2.24) is 4.31 Å². The van der Waals surface area contributed by atoms with Gasteiger partial charge in [0.15, 0.2) is 0 Å². The maximum absolute atomic E-state index is 11.8. The predicted octanol–water partition coefficient (Wildman–Crippen LogP) is 3.40. The number of nitrogens with zero attached hydrogens (tertiary/aromatic N) is 1. The molecule has 2 rings (SSSR count). The average molecular weight is 235 g/mol. The molecular formula is C13H17NOS. The van der Waals surface area contributed by atoms with Crippen molar-refractivity contribution in [2.24, 2.45) is 0 Å². The highest BCUT2D eigenvalue weighted by Gasteiger charge is 2.18. The van der Waals surface area contributed by atoms with Gasteiger partial charge in [-0.1, -0.05) is 24.6 Å². The number of benzene rings is 1. The molecule has 0 unspecified atom stereocenters. The third-order valence-electron chi connectivity index (χ3n) is 2.83. The van der Waals surface area contributed by atoms with E-state index in [1.165, 1.54) is 16.9 Å². The van der Waals surface area contributed by atoms with Gasteiger partial charge in [0.05, 0.1) is 0 Å². The minimum Gasteiger partial charge on any atom is -0.282 e. The Labute approximate surface area is 101 Å². The van der Waals surface area contributed by atoms with Crippen molar-refractivity contribution in [1.29, 1.82) is 0 Å². The molecule has 0 N–H and O–H groups in total. The second-order valence-electron chi connectivity index (χ2n) is 4.16. The fourth-order valence-electron chi connectivity index (χ4n) is 1.83. The molecule has 1 aliphatic rings. The molecule has 0 bridgehead atoms. The Kier molecular flexibility index (Phi) is 3.88. The molecule has 0 atom stereocenters. The molecule has 0 aliphatic carbocycles. The lowest BCUT2D eigenvalue weighted by atomic mass is 10.2. The number of aryl methyl sites for hydroxylation is 1. The van der Waals surface area contributed by atoms with E-state index in [-0.39, 0.29) is 5.91 Å². The van der Waals surface area contributed by atoms with E-state index in [1.54, 1.807) is 11.9 Å². The minimum absolute atomic E-state index is 0.283. The minimum atomic E-state index is 0.283. The van der Waals surface area contributed by atoms with E-state index >= 15 is 0 Å². The van der Waals surface area contributed by atoms with E-state index < -0.39 is 0 Å². The van der Waals surface area contributed by atoms with E-state index in [0.717, 1.165) is 19.4 Å². The van der Waals surface area contributed by atoms with Crippen LogP contribution in [0.25, 0.3) is 0 Å². The normalized spacial score (nSPS) is 17.3. The summed E-state index contributed by atoms with van der Waals surface area (Å²) in [5.74, 6) is 0.283. The van der Waals surface area contributed by atoms with Crippen molar-refractivity contribution in [2.75, 3.05) is 6.54 Å².